The molecule has 4 heteroatoms. The second-order valence-electron chi connectivity index (χ2n) is 5.67. The van der Waals surface area contributed by atoms with E-state index >= 15 is 0 Å². The van der Waals surface area contributed by atoms with Gasteiger partial charge in [-0.05, 0) is 33.4 Å². The van der Waals surface area contributed by atoms with Crippen molar-refractivity contribution < 1.29 is 9.90 Å². The molecule has 0 aromatic heterocycles. The number of likely N-dealkylation sites (N-methyl/N-ethyl adjacent to an activating group) is 1. The topological polar surface area (TPSA) is 43.8 Å². The molecular weight excluding hydrogens is 216 g/mol. The van der Waals surface area contributed by atoms with Gasteiger partial charge < -0.3 is 14.9 Å². The summed E-state index contributed by atoms with van der Waals surface area (Å²) >= 11 is 0. The fourth-order valence-electron chi connectivity index (χ4n) is 2.89. The van der Waals surface area contributed by atoms with Crippen LogP contribution >= 0.6 is 0 Å². The summed E-state index contributed by atoms with van der Waals surface area (Å²) in [6, 6.07) is 0.303. The van der Waals surface area contributed by atoms with Gasteiger partial charge in [0.25, 0.3) is 0 Å². The van der Waals surface area contributed by atoms with Gasteiger partial charge in [0, 0.05) is 37.6 Å². The zero-order valence-corrected chi connectivity index (χ0v) is 10.9. The quantitative estimate of drug-likeness (QED) is 0.784. The Hall–Kier alpha value is -0.610. The molecule has 0 unspecified atom stereocenters. The zero-order valence-electron chi connectivity index (χ0n) is 10.9. The fraction of sp³-hybridized carbons (Fsp3) is 0.923. The summed E-state index contributed by atoms with van der Waals surface area (Å²) in [5, 5.41) is 9.37. The highest BCUT2D eigenvalue weighted by Gasteiger charge is 2.36. The number of aliphatic hydroxyl groups excluding tert-OH is 1. The molecule has 1 heterocycles. The molecule has 2 atom stereocenters. The average Bonchev–Trinajstić information content (AvgIpc) is 2.25. The highest BCUT2D eigenvalue weighted by molar-refractivity contribution is 5.79. The number of hydrogen-bond acceptors (Lipinski definition) is 3. The number of amides is 1. The van der Waals surface area contributed by atoms with Gasteiger partial charge in [0.05, 0.1) is 0 Å². The second kappa shape index (κ2) is 5.36. The van der Waals surface area contributed by atoms with Crippen molar-refractivity contribution in [2.24, 2.45) is 11.8 Å². The molecule has 1 aliphatic carbocycles. The van der Waals surface area contributed by atoms with E-state index in [4.69, 9.17) is 0 Å². The van der Waals surface area contributed by atoms with Gasteiger partial charge in [0.1, 0.15) is 0 Å². The molecule has 4 nitrogen and oxygen atoms in total. The van der Waals surface area contributed by atoms with E-state index in [1.807, 2.05) is 19.0 Å². The number of aliphatic hydroxyl groups is 1. The van der Waals surface area contributed by atoms with Gasteiger partial charge in [0.2, 0.25) is 5.91 Å². The van der Waals surface area contributed by atoms with Crippen LogP contribution in [0.15, 0.2) is 0 Å². The third-order valence-electron chi connectivity index (χ3n) is 4.39. The summed E-state index contributed by atoms with van der Waals surface area (Å²) in [6.45, 7) is 1.84. The van der Waals surface area contributed by atoms with Crippen molar-refractivity contribution >= 4 is 5.91 Å². The molecule has 1 saturated carbocycles. The number of hydrogen-bond donors (Lipinski definition) is 1. The maximum absolute atomic E-state index is 12.2. The molecule has 0 bridgehead atoms. The van der Waals surface area contributed by atoms with Gasteiger partial charge in [-0.3, -0.25) is 4.79 Å². The van der Waals surface area contributed by atoms with Crippen LogP contribution < -0.4 is 0 Å². The van der Waals surface area contributed by atoms with E-state index in [2.05, 4.69) is 4.90 Å². The lowest BCUT2D eigenvalue weighted by Gasteiger charge is -2.43. The van der Waals surface area contributed by atoms with Gasteiger partial charge in [-0.15, -0.1) is 0 Å². The molecule has 0 spiro atoms. The Bertz CT molecular complexity index is 277. The largest absolute Gasteiger partial charge is 0.396 e. The standard InChI is InChI=1S/C13H24N2O2/c1-14(2)12-8-15(7-6-11(12)9-16)13(17)10-4-3-5-10/h10-12,16H,3-9H2,1-2H3/t11-,12-/m1/s1. The molecule has 2 rings (SSSR count). The first kappa shape index (κ1) is 12.8. The summed E-state index contributed by atoms with van der Waals surface area (Å²) in [5.41, 5.74) is 0. The van der Waals surface area contributed by atoms with Crippen molar-refractivity contribution in [3.8, 4) is 0 Å². The van der Waals surface area contributed by atoms with Crippen LogP contribution in [0.5, 0.6) is 0 Å². The minimum Gasteiger partial charge on any atom is -0.396 e. The van der Waals surface area contributed by atoms with E-state index in [0.717, 1.165) is 32.4 Å². The normalized spacial score (nSPS) is 30.5. The number of carbonyl (C=O) groups excluding carboxylic acids is 1. The Kier molecular flexibility index (Phi) is 4.05. The van der Waals surface area contributed by atoms with Crippen LogP contribution in [0.4, 0.5) is 0 Å². The highest BCUT2D eigenvalue weighted by atomic mass is 16.3. The van der Waals surface area contributed by atoms with Crippen molar-refractivity contribution in [3.05, 3.63) is 0 Å². The van der Waals surface area contributed by atoms with E-state index in [1.165, 1.54) is 6.42 Å². The first-order valence-electron chi connectivity index (χ1n) is 6.69. The lowest BCUT2D eigenvalue weighted by Crippen LogP contribution is -2.54. The first-order chi connectivity index (χ1) is 8.13. The molecule has 17 heavy (non-hydrogen) atoms. The van der Waals surface area contributed by atoms with Crippen molar-refractivity contribution in [2.45, 2.75) is 31.7 Å². The zero-order chi connectivity index (χ0) is 12.4. The van der Waals surface area contributed by atoms with E-state index in [0.29, 0.717) is 23.8 Å². The van der Waals surface area contributed by atoms with Crippen molar-refractivity contribution in [2.75, 3.05) is 33.8 Å². The Morgan fingerprint density at radius 1 is 1.35 bits per heavy atom. The molecule has 1 saturated heterocycles. The number of carbonyl (C=O) groups is 1. The van der Waals surface area contributed by atoms with Crippen LogP contribution in [0, 0.1) is 11.8 Å². The molecule has 0 radical (unpaired) electrons. The average molecular weight is 240 g/mol. The predicted molar refractivity (Wildman–Crippen MR) is 66.6 cm³/mol. The van der Waals surface area contributed by atoms with Crippen LogP contribution in [0.3, 0.4) is 0 Å². The summed E-state index contributed by atoms with van der Waals surface area (Å²) in [6.07, 6.45) is 4.29. The molecule has 0 aromatic carbocycles. The third-order valence-corrected chi connectivity index (χ3v) is 4.39. The second-order valence-corrected chi connectivity index (χ2v) is 5.67. The SMILES string of the molecule is CN(C)[C@@H]1CN(C(=O)C2CCC2)CC[C@@H]1CO. The summed E-state index contributed by atoms with van der Waals surface area (Å²) in [4.78, 5) is 16.3. The number of nitrogens with zero attached hydrogens (tertiary/aromatic N) is 2. The molecule has 2 aliphatic rings. The lowest BCUT2D eigenvalue weighted by atomic mass is 9.83. The van der Waals surface area contributed by atoms with Crippen LogP contribution in [0.2, 0.25) is 0 Å². The summed E-state index contributed by atoms with van der Waals surface area (Å²) in [5.74, 6) is 0.957. The third kappa shape index (κ3) is 2.63. The molecular formula is C13H24N2O2. The number of rotatable bonds is 3. The van der Waals surface area contributed by atoms with Gasteiger partial charge in [-0.25, -0.2) is 0 Å². The first-order valence-corrected chi connectivity index (χ1v) is 6.69. The monoisotopic (exact) mass is 240 g/mol. The van der Waals surface area contributed by atoms with Gasteiger partial charge in [-0.2, -0.15) is 0 Å². The Morgan fingerprint density at radius 2 is 2.06 bits per heavy atom. The maximum Gasteiger partial charge on any atom is 0.225 e. The van der Waals surface area contributed by atoms with Gasteiger partial charge in [-0.1, -0.05) is 6.42 Å². The van der Waals surface area contributed by atoms with Crippen LogP contribution in [-0.2, 0) is 4.79 Å². The molecule has 1 N–H and O–H groups in total. The van der Waals surface area contributed by atoms with E-state index in [1.54, 1.807) is 0 Å². The minimum atomic E-state index is 0.230. The van der Waals surface area contributed by atoms with Gasteiger partial charge in [0.15, 0.2) is 0 Å². The van der Waals surface area contributed by atoms with Crippen LogP contribution in [-0.4, -0.2) is 60.6 Å². The molecule has 0 aromatic rings. The van der Waals surface area contributed by atoms with Crippen LogP contribution in [0.25, 0.3) is 0 Å². The molecule has 1 amide bonds. The Labute approximate surface area is 104 Å². The molecule has 2 fully saturated rings. The van der Waals surface area contributed by atoms with Gasteiger partial charge >= 0.3 is 0 Å². The Morgan fingerprint density at radius 3 is 2.53 bits per heavy atom. The fourth-order valence-corrected chi connectivity index (χ4v) is 2.89. The minimum absolute atomic E-state index is 0.230. The van der Waals surface area contributed by atoms with Crippen molar-refractivity contribution in [1.29, 1.82) is 0 Å². The summed E-state index contributed by atoms with van der Waals surface area (Å²) < 4.78 is 0. The number of piperidine rings is 1. The lowest BCUT2D eigenvalue weighted by molar-refractivity contribution is -0.141. The Balaban J connectivity index is 1.95. The highest BCUT2D eigenvalue weighted by Crippen LogP contribution is 2.30. The van der Waals surface area contributed by atoms with Crippen molar-refractivity contribution in [1.82, 2.24) is 9.80 Å². The van der Waals surface area contributed by atoms with Crippen molar-refractivity contribution in [3.63, 3.8) is 0 Å². The smallest absolute Gasteiger partial charge is 0.225 e. The summed E-state index contributed by atoms with van der Waals surface area (Å²) in [7, 11) is 4.06. The molecule has 1 aliphatic heterocycles. The van der Waals surface area contributed by atoms with E-state index in [9.17, 15) is 9.90 Å². The van der Waals surface area contributed by atoms with Crippen LogP contribution in [0.1, 0.15) is 25.7 Å². The van der Waals surface area contributed by atoms with E-state index in [-0.39, 0.29) is 6.61 Å². The number of likely N-dealkylation sites (tertiary alicyclic amines) is 1. The maximum atomic E-state index is 12.2. The molecule has 98 valence electrons. The predicted octanol–water partition coefficient (Wildman–Crippen LogP) is 0.557. The van der Waals surface area contributed by atoms with E-state index < -0.39 is 0 Å².